The first kappa shape index (κ1) is 22.7. The van der Waals surface area contributed by atoms with Crippen LogP contribution >= 0.6 is 0 Å². The lowest BCUT2D eigenvalue weighted by atomic mass is 10.0. The monoisotopic (exact) mass is 364 g/mol. The molecule has 0 bridgehead atoms. The van der Waals surface area contributed by atoms with E-state index < -0.39 is 0 Å². The smallest absolute Gasteiger partial charge is 0.305 e. The van der Waals surface area contributed by atoms with Gasteiger partial charge >= 0.3 is 5.97 Å². The van der Waals surface area contributed by atoms with E-state index in [0.717, 1.165) is 32.1 Å². The summed E-state index contributed by atoms with van der Waals surface area (Å²) in [6.45, 7) is 3.92. The summed E-state index contributed by atoms with van der Waals surface area (Å²) in [5.74, 6) is -0.0979. The van der Waals surface area contributed by atoms with Gasteiger partial charge < -0.3 is 14.6 Å². The first-order chi connectivity index (χ1) is 12.8. The van der Waals surface area contributed by atoms with Gasteiger partial charge in [-0.25, -0.2) is 0 Å². The quantitative estimate of drug-likeness (QED) is 0.335. The molecule has 0 fully saturated rings. The van der Waals surface area contributed by atoms with E-state index in [1.165, 1.54) is 24.8 Å². The fraction of sp³-hybridized carbons (Fsp3) is 0.682. The van der Waals surface area contributed by atoms with Crippen molar-refractivity contribution in [1.82, 2.24) is 0 Å². The van der Waals surface area contributed by atoms with Crippen molar-refractivity contribution in [2.75, 3.05) is 19.8 Å². The summed E-state index contributed by atoms with van der Waals surface area (Å²) in [6.07, 6.45) is 8.90. The maximum absolute atomic E-state index is 11.7. The molecule has 1 atom stereocenters. The molecular weight excluding hydrogens is 328 g/mol. The summed E-state index contributed by atoms with van der Waals surface area (Å²) in [7, 11) is 0. The number of aliphatic hydroxyl groups excluding tert-OH is 1. The largest absolute Gasteiger partial charge is 0.465 e. The first-order valence-electron chi connectivity index (χ1n) is 10.1. The predicted octanol–water partition coefficient (Wildman–Crippen LogP) is 4.89. The number of hydrogen-bond donors (Lipinski definition) is 1. The van der Waals surface area contributed by atoms with E-state index in [1.807, 2.05) is 18.2 Å². The van der Waals surface area contributed by atoms with Gasteiger partial charge in [-0.1, -0.05) is 69.4 Å². The Kier molecular flexibility index (Phi) is 13.8. The van der Waals surface area contributed by atoms with Gasteiger partial charge in [0.25, 0.3) is 0 Å². The second kappa shape index (κ2) is 15.8. The Morgan fingerprint density at radius 3 is 2.54 bits per heavy atom. The third kappa shape index (κ3) is 12.0. The third-order valence-electron chi connectivity index (χ3n) is 4.49. The summed E-state index contributed by atoms with van der Waals surface area (Å²) in [4.78, 5) is 11.7. The molecule has 1 N–H and O–H groups in total. The number of ether oxygens (including phenoxy) is 2. The molecule has 4 nitrogen and oxygen atoms in total. The number of hydrogen-bond acceptors (Lipinski definition) is 4. The van der Waals surface area contributed by atoms with Crippen molar-refractivity contribution < 1.29 is 19.4 Å². The number of rotatable bonds is 16. The van der Waals surface area contributed by atoms with Crippen LogP contribution in [0.1, 0.15) is 70.3 Å². The van der Waals surface area contributed by atoms with Gasteiger partial charge in [0.15, 0.2) is 0 Å². The van der Waals surface area contributed by atoms with E-state index in [0.29, 0.717) is 26.2 Å². The standard InChI is InChI=1S/C22H36O4/c1-2-3-4-5-9-15-22(24)26-19-21(17-23)14-10-11-16-25-18-20-12-7-6-8-13-20/h6-8,12-13,21,23H,2-5,9-11,14-19H2,1H3. The summed E-state index contributed by atoms with van der Waals surface area (Å²) < 4.78 is 11.0. The highest BCUT2D eigenvalue weighted by Gasteiger charge is 2.11. The van der Waals surface area contributed by atoms with Crippen molar-refractivity contribution in [3.05, 3.63) is 35.9 Å². The maximum Gasteiger partial charge on any atom is 0.305 e. The molecular formula is C22H36O4. The van der Waals surface area contributed by atoms with Crippen molar-refractivity contribution in [3.8, 4) is 0 Å². The van der Waals surface area contributed by atoms with Crippen LogP contribution in [0, 0.1) is 5.92 Å². The van der Waals surface area contributed by atoms with Crippen molar-refractivity contribution in [2.24, 2.45) is 5.92 Å². The lowest BCUT2D eigenvalue weighted by Gasteiger charge is -2.14. The van der Waals surface area contributed by atoms with E-state index in [2.05, 4.69) is 19.1 Å². The molecule has 0 saturated heterocycles. The van der Waals surface area contributed by atoms with Crippen molar-refractivity contribution >= 4 is 5.97 Å². The molecule has 0 radical (unpaired) electrons. The summed E-state index contributed by atoms with van der Waals surface area (Å²) in [5.41, 5.74) is 1.18. The van der Waals surface area contributed by atoms with E-state index in [1.54, 1.807) is 0 Å². The Morgan fingerprint density at radius 2 is 1.81 bits per heavy atom. The Balaban J connectivity index is 1.99. The van der Waals surface area contributed by atoms with Gasteiger partial charge in [0.1, 0.15) is 0 Å². The zero-order chi connectivity index (χ0) is 18.9. The van der Waals surface area contributed by atoms with Gasteiger partial charge in [0.2, 0.25) is 0 Å². The molecule has 0 aromatic heterocycles. The number of aliphatic hydroxyl groups is 1. The average Bonchev–Trinajstić information content (AvgIpc) is 2.67. The lowest BCUT2D eigenvalue weighted by molar-refractivity contribution is -0.145. The molecule has 1 aromatic carbocycles. The highest BCUT2D eigenvalue weighted by Crippen LogP contribution is 2.11. The van der Waals surface area contributed by atoms with Crippen molar-refractivity contribution in [1.29, 1.82) is 0 Å². The molecule has 0 aliphatic rings. The van der Waals surface area contributed by atoms with Crippen LogP contribution in [-0.4, -0.2) is 30.9 Å². The van der Waals surface area contributed by atoms with Crippen LogP contribution in [0.15, 0.2) is 30.3 Å². The molecule has 1 rings (SSSR count). The van der Waals surface area contributed by atoms with Crippen LogP contribution in [-0.2, 0) is 20.9 Å². The molecule has 0 amide bonds. The van der Waals surface area contributed by atoms with Crippen LogP contribution in [0.3, 0.4) is 0 Å². The lowest BCUT2D eigenvalue weighted by Crippen LogP contribution is -2.17. The highest BCUT2D eigenvalue weighted by molar-refractivity contribution is 5.69. The molecule has 0 aliphatic carbocycles. The van der Waals surface area contributed by atoms with Gasteiger partial charge in [-0.15, -0.1) is 0 Å². The van der Waals surface area contributed by atoms with Gasteiger partial charge in [-0.3, -0.25) is 4.79 Å². The first-order valence-corrected chi connectivity index (χ1v) is 10.1. The SMILES string of the molecule is CCCCCCCC(=O)OCC(CO)CCCCOCc1ccccc1. The van der Waals surface area contributed by atoms with E-state index in [4.69, 9.17) is 9.47 Å². The molecule has 0 aliphatic heterocycles. The minimum absolute atomic E-state index is 0.0353. The molecule has 0 saturated carbocycles. The minimum atomic E-state index is -0.133. The van der Waals surface area contributed by atoms with Crippen LogP contribution in [0.25, 0.3) is 0 Å². The molecule has 1 unspecified atom stereocenters. The van der Waals surface area contributed by atoms with E-state index >= 15 is 0 Å². The molecule has 1 aromatic rings. The second-order valence-corrected chi connectivity index (χ2v) is 6.93. The van der Waals surface area contributed by atoms with Crippen molar-refractivity contribution in [2.45, 2.75) is 71.3 Å². The molecule has 26 heavy (non-hydrogen) atoms. The Bertz CT molecular complexity index is 447. The molecule has 148 valence electrons. The van der Waals surface area contributed by atoms with Crippen LogP contribution in [0.4, 0.5) is 0 Å². The molecule has 0 spiro atoms. The number of benzene rings is 1. The summed E-state index contributed by atoms with van der Waals surface area (Å²) in [5, 5.41) is 9.44. The van der Waals surface area contributed by atoms with Gasteiger partial charge in [-0.05, 0) is 24.8 Å². The fourth-order valence-corrected chi connectivity index (χ4v) is 2.78. The number of esters is 1. The van der Waals surface area contributed by atoms with Gasteiger partial charge in [0.05, 0.1) is 13.2 Å². The highest BCUT2D eigenvalue weighted by atomic mass is 16.5. The van der Waals surface area contributed by atoms with Gasteiger partial charge in [0, 0.05) is 25.6 Å². The third-order valence-corrected chi connectivity index (χ3v) is 4.49. The minimum Gasteiger partial charge on any atom is -0.465 e. The Hall–Kier alpha value is -1.39. The zero-order valence-electron chi connectivity index (χ0n) is 16.3. The molecule has 0 heterocycles. The number of unbranched alkanes of at least 4 members (excludes halogenated alkanes) is 5. The maximum atomic E-state index is 11.7. The average molecular weight is 365 g/mol. The van der Waals surface area contributed by atoms with Crippen LogP contribution in [0.2, 0.25) is 0 Å². The predicted molar refractivity (Wildman–Crippen MR) is 105 cm³/mol. The summed E-state index contributed by atoms with van der Waals surface area (Å²) >= 11 is 0. The van der Waals surface area contributed by atoms with Crippen LogP contribution < -0.4 is 0 Å². The topological polar surface area (TPSA) is 55.8 Å². The van der Waals surface area contributed by atoms with E-state index in [-0.39, 0.29) is 18.5 Å². The molecule has 4 heteroatoms. The van der Waals surface area contributed by atoms with Gasteiger partial charge in [-0.2, -0.15) is 0 Å². The van der Waals surface area contributed by atoms with E-state index in [9.17, 15) is 9.90 Å². The normalized spacial score (nSPS) is 12.1. The number of carbonyl (C=O) groups is 1. The second-order valence-electron chi connectivity index (χ2n) is 6.93. The summed E-state index contributed by atoms with van der Waals surface area (Å²) in [6, 6.07) is 10.1. The Morgan fingerprint density at radius 1 is 1.04 bits per heavy atom. The van der Waals surface area contributed by atoms with Crippen LogP contribution in [0.5, 0.6) is 0 Å². The zero-order valence-corrected chi connectivity index (χ0v) is 16.3. The fourth-order valence-electron chi connectivity index (χ4n) is 2.78. The van der Waals surface area contributed by atoms with Crippen molar-refractivity contribution in [3.63, 3.8) is 0 Å². The Labute approximate surface area is 158 Å². The number of carbonyl (C=O) groups excluding carboxylic acids is 1.